The maximum absolute atomic E-state index is 13.2. The van der Waals surface area contributed by atoms with E-state index in [1.807, 2.05) is 26.8 Å². The van der Waals surface area contributed by atoms with E-state index >= 15 is 0 Å². The lowest BCUT2D eigenvalue weighted by Crippen LogP contribution is -2.44. The largest absolute Gasteiger partial charge is 0.239 e. The second-order valence-corrected chi connectivity index (χ2v) is 3.45. The molecule has 12 heavy (non-hydrogen) atoms. The summed E-state index contributed by atoms with van der Waals surface area (Å²) >= 11 is 0. The molecule has 1 rings (SSSR count). The Bertz CT molecular complexity index is 146. The highest BCUT2D eigenvalue weighted by Gasteiger charge is 2.48. The molecule has 0 aliphatic heterocycles. The van der Waals surface area contributed by atoms with Crippen LogP contribution in [-0.4, -0.2) is 5.67 Å². The molecule has 1 aliphatic carbocycles. The third kappa shape index (κ3) is 2.20. The Morgan fingerprint density at radius 3 is 1.83 bits per heavy atom. The zero-order valence-electron chi connectivity index (χ0n) is 8.36. The number of hydrogen-bond acceptors (Lipinski definition) is 0. The Labute approximate surface area is 75.2 Å². The fraction of sp³-hybridized carbons (Fsp3) is 0.636. The van der Waals surface area contributed by atoms with Crippen LogP contribution >= 0.6 is 0 Å². The molecule has 0 heterocycles. The molecule has 0 N–H and O–H groups in total. The molecule has 0 radical (unpaired) electrons. The van der Waals surface area contributed by atoms with E-state index in [1.165, 1.54) is 6.08 Å². The topological polar surface area (TPSA) is 0 Å². The Kier molecular flexibility index (Phi) is 3.69. The summed E-state index contributed by atoms with van der Waals surface area (Å²) in [6, 6.07) is 0. The van der Waals surface area contributed by atoms with Crippen LogP contribution in [0.5, 0.6) is 0 Å². The van der Waals surface area contributed by atoms with Crippen LogP contribution in [-0.2, 0) is 0 Å². The zero-order chi connectivity index (χ0) is 9.83. The van der Waals surface area contributed by atoms with Gasteiger partial charge in [-0.1, -0.05) is 39.5 Å². The molecule has 0 nitrogen and oxygen atoms in total. The lowest BCUT2D eigenvalue weighted by Gasteiger charge is -2.46. The van der Waals surface area contributed by atoms with Gasteiger partial charge in [-0.3, -0.25) is 0 Å². The molecular weight excluding hydrogens is 151 g/mol. The van der Waals surface area contributed by atoms with Crippen molar-refractivity contribution < 1.29 is 4.39 Å². The highest BCUT2D eigenvalue weighted by Crippen LogP contribution is 2.51. The summed E-state index contributed by atoms with van der Waals surface area (Å²) in [7, 11) is 0. The van der Waals surface area contributed by atoms with Gasteiger partial charge in [0, 0.05) is 0 Å². The highest BCUT2D eigenvalue weighted by molar-refractivity contribution is 5.16. The molecule has 1 saturated carbocycles. The molecule has 0 unspecified atom stereocenters. The van der Waals surface area contributed by atoms with Crippen molar-refractivity contribution in [2.75, 3.05) is 0 Å². The lowest BCUT2D eigenvalue weighted by atomic mass is 9.61. The monoisotopic (exact) mass is 170 g/mol. The molecule has 1 aliphatic rings. The van der Waals surface area contributed by atoms with Crippen LogP contribution in [0, 0.1) is 5.41 Å². The summed E-state index contributed by atoms with van der Waals surface area (Å²) in [6.07, 6.45) is 4.33. The first-order chi connectivity index (χ1) is 5.54. The molecule has 0 bridgehead atoms. The standard InChI is InChI=1S/C9H13F.C2H6/c1-4-8(3)6-9(10,5-2)7-8;1-2/h4-5H,1-2,6-7H2,3H3;1-2H3. The Hall–Kier alpha value is -0.590. The molecule has 70 valence electrons. The van der Waals surface area contributed by atoms with Crippen molar-refractivity contribution in [1.82, 2.24) is 0 Å². The molecule has 0 saturated heterocycles. The van der Waals surface area contributed by atoms with E-state index in [1.54, 1.807) is 0 Å². The number of hydrogen-bond donors (Lipinski definition) is 0. The smallest absolute Gasteiger partial charge is 0.130 e. The first-order valence-corrected chi connectivity index (χ1v) is 4.50. The van der Waals surface area contributed by atoms with Gasteiger partial charge in [0.1, 0.15) is 5.67 Å². The van der Waals surface area contributed by atoms with Gasteiger partial charge >= 0.3 is 0 Å². The first-order valence-electron chi connectivity index (χ1n) is 4.50. The van der Waals surface area contributed by atoms with Crippen LogP contribution in [0.3, 0.4) is 0 Å². The predicted molar refractivity (Wildman–Crippen MR) is 52.9 cm³/mol. The number of allylic oxidation sites excluding steroid dienone is 2. The third-order valence-corrected chi connectivity index (χ3v) is 2.25. The second-order valence-electron chi connectivity index (χ2n) is 3.45. The molecular formula is C11H19F. The maximum Gasteiger partial charge on any atom is 0.130 e. The van der Waals surface area contributed by atoms with E-state index in [-0.39, 0.29) is 5.41 Å². The van der Waals surface area contributed by atoms with Gasteiger partial charge in [-0.2, -0.15) is 0 Å². The van der Waals surface area contributed by atoms with Crippen molar-refractivity contribution in [2.24, 2.45) is 5.41 Å². The minimum atomic E-state index is -1.11. The van der Waals surface area contributed by atoms with E-state index < -0.39 is 5.67 Å². The molecule has 1 heteroatoms. The quantitative estimate of drug-likeness (QED) is 0.551. The maximum atomic E-state index is 13.2. The van der Waals surface area contributed by atoms with Crippen LogP contribution in [0.2, 0.25) is 0 Å². The molecule has 0 atom stereocenters. The highest BCUT2D eigenvalue weighted by atomic mass is 19.1. The van der Waals surface area contributed by atoms with Crippen molar-refractivity contribution in [3.63, 3.8) is 0 Å². The summed E-state index contributed by atoms with van der Waals surface area (Å²) in [5, 5.41) is 0. The number of rotatable bonds is 2. The normalized spacial score (nSPS) is 38.7. The van der Waals surface area contributed by atoms with Gasteiger partial charge in [-0.05, 0) is 18.3 Å². The SMILES string of the molecule is C=CC1(C)CC(F)(C=C)C1.CC. The fourth-order valence-electron chi connectivity index (χ4n) is 1.58. The molecule has 1 fully saturated rings. The van der Waals surface area contributed by atoms with Crippen molar-refractivity contribution in [3.05, 3.63) is 25.3 Å². The fourth-order valence-corrected chi connectivity index (χ4v) is 1.58. The van der Waals surface area contributed by atoms with Crippen LogP contribution < -0.4 is 0 Å². The van der Waals surface area contributed by atoms with Crippen molar-refractivity contribution >= 4 is 0 Å². The number of alkyl halides is 1. The van der Waals surface area contributed by atoms with E-state index in [9.17, 15) is 4.39 Å². The second kappa shape index (κ2) is 3.88. The van der Waals surface area contributed by atoms with Crippen molar-refractivity contribution in [2.45, 2.75) is 39.3 Å². The first kappa shape index (κ1) is 11.4. The molecule has 0 aromatic heterocycles. The van der Waals surface area contributed by atoms with E-state index in [4.69, 9.17) is 0 Å². The summed E-state index contributed by atoms with van der Waals surface area (Å²) in [4.78, 5) is 0. The van der Waals surface area contributed by atoms with Crippen LogP contribution in [0.15, 0.2) is 25.3 Å². The van der Waals surface area contributed by atoms with Crippen LogP contribution in [0.25, 0.3) is 0 Å². The lowest BCUT2D eigenvalue weighted by molar-refractivity contribution is 0.0148. The minimum Gasteiger partial charge on any atom is -0.239 e. The Morgan fingerprint density at radius 2 is 1.58 bits per heavy atom. The van der Waals surface area contributed by atoms with Crippen molar-refractivity contribution in [1.29, 1.82) is 0 Å². The van der Waals surface area contributed by atoms with Crippen LogP contribution in [0.4, 0.5) is 4.39 Å². The third-order valence-electron chi connectivity index (χ3n) is 2.25. The minimum absolute atomic E-state index is 0.0168. The molecule has 0 aromatic rings. The summed E-state index contributed by atoms with van der Waals surface area (Å²) < 4.78 is 13.2. The number of halogens is 1. The predicted octanol–water partition coefficient (Wildman–Crippen LogP) is 3.89. The zero-order valence-corrected chi connectivity index (χ0v) is 8.36. The van der Waals surface area contributed by atoms with Gasteiger partial charge in [-0.25, -0.2) is 4.39 Å². The van der Waals surface area contributed by atoms with E-state index in [2.05, 4.69) is 13.2 Å². The van der Waals surface area contributed by atoms with Gasteiger partial charge in [-0.15, -0.1) is 6.58 Å². The molecule has 0 spiro atoms. The Balaban J connectivity index is 0.000000561. The summed E-state index contributed by atoms with van der Waals surface area (Å²) in [6.45, 7) is 13.1. The van der Waals surface area contributed by atoms with Crippen LogP contribution in [0.1, 0.15) is 33.6 Å². The van der Waals surface area contributed by atoms with Gasteiger partial charge in [0.05, 0.1) is 0 Å². The van der Waals surface area contributed by atoms with Gasteiger partial charge in [0.2, 0.25) is 0 Å². The average Bonchev–Trinajstić information content (AvgIpc) is 2.05. The van der Waals surface area contributed by atoms with Gasteiger partial charge < -0.3 is 0 Å². The van der Waals surface area contributed by atoms with E-state index in [0.29, 0.717) is 12.8 Å². The average molecular weight is 170 g/mol. The van der Waals surface area contributed by atoms with Gasteiger partial charge in [0.15, 0.2) is 0 Å². The summed E-state index contributed by atoms with van der Waals surface area (Å²) in [5.41, 5.74) is -1.09. The summed E-state index contributed by atoms with van der Waals surface area (Å²) in [5.74, 6) is 0. The van der Waals surface area contributed by atoms with Gasteiger partial charge in [0.25, 0.3) is 0 Å². The Morgan fingerprint density at radius 1 is 1.17 bits per heavy atom. The van der Waals surface area contributed by atoms with E-state index in [0.717, 1.165) is 0 Å². The van der Waals surface area contributed by atoms with Crippen molar-refractivity contribution in [3.8, 4) is 0 Å². The molecule has 0 aromatic carbocycles. The molecule has 0 amide bonds.